The number of amides is 3. The molecular weight excluding hydrogens is 1340 g/mol. The Bertz CT molecular complexity index is 5060. The number of rotatable bonds is 18. The number of carbonyl (C=O) groups is 3. The van der Waals surface area contributed by atoms with Crippen molar-refractivity contribution in [3.05, 3.63) is 207 Å². The van der Waals surface area contributed by atoms with Crippen molar-refractivity contribution >= 4 is 68.3 Å². The van der Waals surface area contributed by atoms with E-state index in [-0.39, 0.29) is 58.1 Å². The highest BCUT2D eigenvalue weighted by atomic mass is 16.5. The van der Waals surface area contributed by atoms with E-state index in [1.54, 1.807) is 30.2 Å². The first-order chi connectivity index (χ1) is 50.3. The van der Waals surface area contributed by atoms with E-state index in [0.717, 1.165) is 71.2 Å². The van der Waals surface area contributed by atoms with Gasteiger partial charge in [0.15, 0.2) is 16.9 Å². The molecule has 26 heteroatoms. The molecule has 3 aliphatic heterocycles. The quantitative estimate of drug-likeness (QED) is 0.0531. The van der Waals surface area contributed by atoms with Crippen LogP contribution in [0.5, 0.6) is 34.5 Å². The molecule has 12 aromatic rings. The van der Waals surface area contributed by atoms with Crippen LogP contribution in [0.1, 0.15) is 59.7 Å². The number of likely N-dealkylation sites (N-methyl/N-ethyl adjacent to an activating group) is 1. The standard InChI is InChI=1S/C27H29N7O2.C26H26N6O3.C24H20N6O2.3CH4/c1-32(2)15-6-9-23(35)33-16-14-20(17-33)34-27-24(26(28)29-18-30-27)25(31-34)19-10-12-22(13-11-19)36-21-7-4-3-5-8-21;1-34-15-5-8-22(33)31-14-13-19(16-31)32-26-23(25(27)28-17-29-26)24(30-32)18-9-11-21(12-10-18)35-20-6-3-2-4-7-20;1-2-20(31)29-13-12-17(14-29)30-24-21(23(25)26-15-27-24)22(28-30)16-8-10-19(11-9-16)32-18-6-4-3-5-7-18;;;/h3-13,18,20H,14-17H2,1-2H3,(H2,28,29,30);2-12,17,19H,13-16H2,1H3,(H2,27,28,29);1,3-11,15,17H,12-14H2,(H2,25,26,27);3*1H4/b9-6+;8-5+;;;;. The van der Waals surface area contributed by atoms with Crippen molar-refractivity contribution < 1.29 is 33.3 Å². The number of methoxy groups -OCH3 is 1. The first kappa shape index (κ1) is 75.8. The van der Waals surface area contributed by atoms with Gasteiger partial charge in [-0.2, -0.15) is 15.3 Å². The highest BCUT2D eigenvalue weighted by molar-refractivity contribution is 6.01. The number of para-hydroxylation sites is 3. The van der Waals surface area contributed by atoms with Crippen LogP contribution in [-0.4, -0.2) is 170 Å². The smallest absolute Gasteiger partial charge is 0.298 e. The minimum atomic E-state index is -0.313. The lowest BCUT2D eigenvalue weighted by Gasteiger charge is -2.15. The van der Waals surface area contributed by atoms with E-state index in [2.05, 4.69) is 35.8 Å². The average Bonchev–Trinajstić information content (AvgIpc) is 1.62. The summed E-state index contributed by atoms with van der Waals surface area (Å²) in [5.41, 5.74) is 25.5. The summed E-state index contributed by atoms with van der Waals surface area (Å²) in [5.74, 6) is 7.41. The Morgan fingerprint density at radius 3 is 1.09 bits per heavy atom. The zero-order valence-electron chi connectivity index (χ0n) is 57.0. The van der Waals surface area contributed by atoms with Crippen LogP contribution >= 0.6 is 0 Å². The Morgan fingerprint density at radius 1 is 0.462 bits per heavy atom. The number of aromatic nitrogens is 12. The average molecular weight is 1430 g/mol. The molecule has 26 nitrogen and oxygen atoms in total. The number of terminal acetylenes is 1. The normalized spacial score (nSPS) is 15.3. The fraction of sp³-hybridized carbons (Fsp3) is 0.250. The van der Waals surface area contributed by atoms with Gasteiger partial charge < -0.3 is 55.7 Å². The zero-order chi connectivity index (χ0) is 71.3. The fourth-order valence-electron chi connectivity index (χ4n) is 12.6. The molecule has 3 unspecified atom stereocenters. The van der Waals surface area contributed by atoms with Gasteiger partial charge in [0.2, 0.25) is 11.8 Å². The molecule has 106 heavy (non-hydrogen) atoms. The number of nitrogens with zero attached hydrogens (tertiary/aromatic N) is 16. The van der Waals surface area contributed by atoms with Crippen molar-refractivity contribution in [2.75, 3.05) is 90.8 Å². The Morgan fingerprint density at radius 2 is 0.774 bits per heavy atom. The predicted molar refractivity (Wildman–Crippen MR) is 414 cm³/mol. The van der Waals surface area contributed by atoms with Crippen molar-refractivity contribution in [1.82, 2.24) is 78.8 Å². The molecule has 0 saturated carbocycles. The Balaban J connectivity index is 0.000000168. The molecule has 6 aromatic heterocycles. The summed E-state index contributed by atoms with van der Waals surface area (Å²) in [4.78, 5) is 70.4. The van der Waals surface area contributed by atoms with E-state index >= 15 is 0 Å². The minimum absolute atomic E-state index is 0. The number of fused-ring (bicyclic) bond motifs is 3. The molecule has 3 amide bonds. The third kappa shape index (κ3) is 17.3. The van der Waals surface area contributed by atoms with Gasteiger partial charge in [-0.25, -0.2) is 43.9 Å². The molecule has 0 aliphatic carbocycles. The van der Waals surface area contributed by atoms with Crippen LogP contribution in [0.4, 0.5) is 17.5 Å². The van der Waals surface area contributed by atoms with Gasteiger partial charge in [-0.15, -0.1) is 6.42 Å². The molecular formula is C80H87N19O7. The second-order valence-electron chi connectivity index (χ2n) is 24.9. The van der Waals surface area contributed by atoms with E-state index in [4.69, 9.17) is 57.9 Å². The maximum absolute atomic E-state index is 12.6. The van der Waals surface area contributed by atoms with Gasteiger partial charge >= 0.3 is 0 Å². The summed E-state index contributed by atoms with van der Waals surface area (Å²) in [6.45, 7) is 4.60. The number of carbonyl (C=O) groups excluding carboxylic acids is 3. The first-order valence-electron chi connectivity index (χ1n) is 33.5. The van der Waals surface area contributed by atoms with Crippen LogP contribution in [0.2, 0.25) is 0 Å². The summed E-state index contributed by atoms with van der Waals surface area (Å²) in [5, 5.41) is 16.8. The van der Waals surface area contributed by atoms with Crippen molar-refractivity contribution in [1.29, 1.82) is 0 Å². The summed E-state index contributed by atoms with van der Waals surface area (Å²) in [7, 11) is 5.54. The second-order valence-corrected chi connectivity index (χ2v) is 24.9. The summed E-state index contributed by atoms with van der Waals surface area (Å²) in [6, 6.07) is 51.8. The molecule has 0 spiro atoms. The van der Waals surface area contributed by atoms with Gasteiger partial charge in [0.1, 0.15) is 88.0 Å². The van der Waals surface area contributed by atoms with Crippen molar-refractivity contribution in [3.63, 3.8) is 0 Å². The van der Waals surface area contributed by atoms with Crippen LogP contribution < -0.4 is 31.4 Å². The lowest BCUT2D eigenvalue weighted by Crippen LogP contribution is -2.28. The summed E-state index contributed by atoms with van der Waals surface area (Å²) in [6.07, 6.45) is 18.7. The van der Waals surface area contributed by atoms with Crippen LogP contribution in [0.3, 0.4) is 0 Å². The van der Waals surface area contributed by atoms with Gasteiger partial charge in [-0.05, 0) is 148 Å². The number of nitrogen functional groups attached to an aromatic ring is 3. The molecule has 3 saturated heterocycles. The van der Waals surface area contributed by atoms with E-state index in [0.29, 0.717) is 119 Å². The van der Waals surface area contributed by atoms with E-state index in [1.807, 2.05) is 213 Å². The van der Waals surface area contributed by atoms with Gasteiger partial charge in [-0.3, -0.25) is 14.4 Å². The van der Waals surface area contributed by atoms with Crippen LogP contribution in [0.15, 0.2) is 207 Å². The Kier molecular flexibility index (Phi) is 24.9. The maximum atomic E-state index is 12.6. The fourth-order valence-corrected chi connectivity index (χ4v) is 12.6. The van der Waals surface area contributed by atoms with Gasteiger partial charge in [0.25, 0.3) is 5.91 Å². The van der Waals surface area contributed by atoms with E-state index < -0.39 is 0 Å². The monoisotopic (exact) mass is 1430 g/mol. The highest BCUT2D eigenvalue weighted by Gasteiger charge is 2.34. The number of hydrogen-bond acceptors (Lipinski definition) is 20. The highest BCUT2D eigenvalue weighted by Crippen LogP contribution is 2.39. The minimum Gasteiger partial charge on any atom is -0.457 e. The number of anilines is 3. The third-order valence-electron chi connectivity index (χ3n) is 17.7. The van der Waals surface area contributed by atoms with Gasteiger partial charge in [-0.1, -0.05) is 89.0 Å². The first-order valence-corrected chi connectivity index (χ1v) is 33.5. The van der Waals surface area contributed by atoms with Gasteiger partial charge in [0, 0.05) is 81.8 Å². The molecule has 6 aromatic carbocycles. The third-order valence-corrected chi connectivity index (χ3v) is 17.7. The maximum Gasteiger partial charge on any atom is 0.298 e. The van der Waals surface area contributed by atoms with E-state index in [1.165, 1.54) is 19.0 Å². The second kappa shape index (κ2) is 34.9. The number of hydrogen-bond donors (Lipinski definition) is 3. The van der Waals surface area contributed by atoms with Crippen LogP contribution in [-0.2, 0) is 19.1 Å². The van der Waals surface area contributed by atoms with Crippen molar-refractivity contribution in [2.24, 2.45) is 0 Å². The van der Waals surface area contributed by atoms with Crippen molar-refractivity contribution in [3.8, 4) is 80.6 Å². The van der Waals surface area contributed by atoms with Crippen LogP contribution in [0.25, 0.3) is 66.9 Å². The molecule has 544 valence electrons. The predicted octanol–water partition coefficient (Wildman–Crippen LogP) is 12.8. The number of benzene rings is 6. The topological polar surface area (TPSA) is 310 Å². The number of nitrogens with two attached hydrogens (primary N) is 3. The Labute approximate surface area is 615 Å². The van der Waals surface area contributed by atoms with Gasteiger partial charge in [0.05, 0.1) is 40.9 Å². The summed E-state index contributed by atoms with van der Waals surface area (Å²) < 4.78 is 28.3. The molecule has 15 rings (SSSR count). The molecule has 3 aliphatic rings. The molecule has 3 atom stereocenters. The molecule has 6 N–H and O–H groups in total. The Hall–Kier alpha value is -12.9. The zero-order valence-corrected chi connectivity index (χ0v) is 57.0. The lowest BCUT2D eigenvalue weighted by atomic mass is 10.1. The number of ether oxygens (including phenoxy) is 4. The molecule has 3 fully saturated rings. The largest absolute Gasteiger partial charge is 0.457 e. The van der Waals surface area contributed by atoms with E-state index in [9.17, 15) is 14.4 Å². The summed E-state index contributed by atoms with van der Waals surface area (Å²) >= 11 is 0. The lowest BCUT2D eigenvalue weighted by molar-refractivity contribution is -0.125. The molecule has 0 bridgehead atoms. The van der Waals surface area contributed by atoms with Crippen LogP contribution in [0, 0.1) is 12.3 Å². The molecule has 9 heterocycles. The SMILES string of the molecule is C.C.C.C#CC(=O)N1CCC(n2nc(-c3ccc(Oc4ccccc4)cc3)c3c(N)ncnc32)C1.CN(C)C/C=C/C(=O)N1CCC(n2nc(-c3ccc(Oc4ccccc4)cc3)c3c(N)ncnc32)C1.COC/C=C/C(=O)N1CCC(n2nc(-c3ccc(Oc4ccccc4)cc3)c3c(N)ncnc32)C1. The van der Waals surface area contributed by atoms with Crippen molar-refractivity contribution in [2.45, 2.75) is 59.7 Å². The molecule has 0 radical (unpaired) electrons. The number of likely N-dealkylation sites (tertiary alicyclic amines) is 3.